The molecule has 0 atom stereocenters. The quantitative estimate of drug-likeness (QED) is 0.768. The number of alkyl halides is 3. The van der Waals surface area contributed by atoms with Gasteiger partial charge >= 0.3 is 6.18 Å². The van der Waals surface area contributed by atoms with E-state index in [1.807, 2.05) is 0 Å². The van der Waals surface area contributed by atoms with Crippen molar-refractivity contribution in [3.63, 3.8) is 0 Å². The van der Waals surface area contributed by atoms with Crippen molar-refractivity contribution in [3.8, 4) is 5.75 Å². The van der Waals surface area contributed by atoms with Crippen LogP contribution in [0, 0.1) is 0 Å². The van der Waals surface area contributed by atoms with E-state index < -0.39 is 27.7 Å². The summed E-state index contributed by atoms with van der Waals surface area (Å²) in [4.78, 5) is 11.1. The van der Waals surface area contributed by atoms with E-state index >= 15 is 0 Å². The van der Waals surface area contributed by atoms with Gasteiger partial charge in [0.1, 0.15) is 5.75 Å². The lowest BCUT2D eigenvalue weighted by atomic mass is 10.2. The first-order chi connectivity index (χ1) is 12.5. The summed E-state index contributed by atoms with van der Waals surface area (Å²) in [5.41, 5.74) is -0.753. The predicted molar refractivity (Wildman–Crippen MR) is 94.2 cm³/mol. The maximum atomic E-state index is 12.6. The molecule has 0 saturated carbocycles. The first-order valence-corrected chi connectivity index (χ1v) is 9.26. The summed E-state index contributed by atoms with van der Waals surface area (Å²) in [6.07, 6.45) is -4.51. The number of ether oxygens (including phenoxy) is 1. The van der Waals surface area contributed by atoms with Gasteiger partial charge in [-0.25, -0.2) is 8.42 Å². The molecule has 0 aliphatic rings. The summed E-state index contributed by atoms with van der Waals surface area (Å²) < 4.78 is 70.3. The van der Waals surface area contributed by atoms with E-state index in [4.69, 9.17) is 4.74 Å². The Balaban J connectivity index is 2.31. The van der Waals surface area contributed by atoms with Gasteiger partial charge in [0.2, 0.25) is 5.91 Å². The standard InChI is InChI=1S/C17H17F3N2O4S/c1-3-26-16-9-8-14(10-15(16)21-11(2)23)27(24,25)22-13-6-4-12(5-7-13)17(18,19)20/h4-10,22H,3H2,1-2H3,(H,21,23). The highest BCUT2D eigenvalue weighted by Gasteiger charge is 2.30. The van der Waals surface area contributed by atoms with Crippen molar-refractivity contribution in [2.75, 3.05) is 16.6 Å². The molecule has 10 heteroatoms. The Labute approximate surface area is 154 Å². The molecule has 0 aromatic heterocycles. The maximum Gasteiger partial charge on any atom is 0.416 e. The fourth-order valence-electron chi connectivity index (χ4n) is 2.19. The Morgan fingerprint density at radius 3 is 2.26 bits per heavy atom. The molecule has 6 nitrogen and oxygen atoms in total. The summed E-state index contributed by atoms with van der Waals surface area (Å²) in [6.45, 7) is 3.30. The summed E-state index contributed by atoms with van der Waals surface area (Å²) in [5, 5.41) is 2.48. The van der Waals surface area contributed by atoms with Gasteiger partial charge in [0.15, 0.2) is 0 Å². The van der Waals surface area contributed by atoms with Gasteiger partial charge in [-0.3, -0.25) is 9.52 Å². The zero-order chi connectivity index (χ0) is 20.2. The van der Waals surface area contributed by atoms with Crippen molar-refractivity contribution in [1.82, 2.24) is 0 Å². The number of benzene rings is 2. The van der Waals surface area contributed by atoms with Gasteiger partial charge in [0.05, 0.1) is 22.8 Å². The third-order valence-corrected chi connectivity index (χ3v) is 4.72. The molecule has 1 amide bonds. The molecule has 2 rings (SSSR count). The van der Waals surface area contributed by atoms with Crippen molar-refractivity contribution < 1.29 is 31.1 Å². The number of sulfonamides is 1. The van der Waals surface area contributed by atoms with Crippen LogP contribution in [0.4, 0.5) is 24.5 Å². The van der Waals surface area contributed by atoms with Crippen LogP contribution in [0.5, 0.6) is 5.75 Å². The van der Waals surface area contributed by atoms with Crippen molar-refractivity contribution in [2.24, 2.45) is 0 Å². The zero-order valence-corrected chi connectivity index (χ0v) is 15.2. The molecule has 0 aliphatic heterocycles. The zero-order valence-electron chi connectivity index (χ0n) is 14.4. The van der Waals surface area contributed by atoms with Crippen LogP contribution in [0.15, 0.2) is 47.4 Å². The van der Waals surface area contributed by atoms with Crippen molar-refractivity contribution in [1.29, 1.82) is 0 Å². The molecule has 27 heavy (non-hydrogen) atoms. The molecule has 0 saturated heterocycles. The van der Waals surface area contributed by atoms with Gasteiger partial charge in [-0.1, -0.05) is 0 Å². The Morgan fingerprint density at radius 2 is 1.74 bits per heavy atom. The van der Waals surface area contributed by atoms with Crippen LogP contribution in [0.3, 0.4) is 0 Å². The Kier molecular flexibility index (Phi) is 5.99. The third-order valence-electron chi connectivity index (χ3n) is 3.34. The number of hydrogen-bond donors (Lipinski definition) is 2. The SMILES string of the molecule is CCOc1ccc(S(=O)(=O)Nc2ccc(C(F)(F)F)cc2)cc1NC(C)=O. The number of anilines is 2. The minimum atomic E-state index is -4.51. The van der Waals surface area contributed by atoms with Gasteiger partial charge in [-0.15, -0.1) is 0 Å². The first kappa shape index (κ1) is 20.6. The second-order valence-corrected chi connectivity index (χ2v) is 7.14. The van der Waals surface area contributed by atoms with E-state index in [9.17, 15) is 26.4 Å². The number of halogens is 3. The number of rotatable bonds is 6. The summed E-state index contributed by atoms with van der Waals surface area (Å²) in [7, 11) is -4.09. The fraction of sp³-hybridized carbons (Fsp3) is 0.235. The van der Waals surface area contributed by atoms with E-state index in [1.165, 1.54) is 25.1 Å². The van der Waals surface area contributed by atoms with Crippen LogP contribution in [0.25, 0.3) is 0 Å². The normalized spacial score (nSPS) is 11.7. The average molecular weight is 402 g/mol. The van der Waals surface area contributed by atoms with Gasteiger partial charge in [0.25, 0.3) is 10.0 Å². The Hall–Kier alpha value is -2.75. The maximum absolute atomic E-state index is 12.6. The molecule has 0 spiro atoms. The number of amides is 1. The lowest BCUT2D eigenvalue weighted by Crippen LogP contribution is -2.15. The monoisotopic (exact) mass is 402 g/mol. The van der Waals surface area contributed by atoms with E-state index in [-0.39, 0.29) is 16.3 Å². The molecule has 2 aromatic carbocycles. The molecule has 146 valence electrons. The van der Waals surface area contributed by atoms with Gasteiger partial charge in [0, 0.05) is 12.6 Å². The molecule has 0 fully saturated rings. The summed E-state index contributed by atoms with van der Waals surface area (Å²) in [6, 6.07) is 7.45. The smallest absolute Gasteiger partial charge is 0.416 e. The van der Waals surface area contributed by atoms with Crippen LogP contribution in [0.1, 0.15) is 19.4 Å². The van der Waals surface area contributed by atoms with Gasteiger partial charge in [-0.05, 0) is 49.4 Å². The van der Waals surface area contributed by atoms with Crippen molar-refractivity contribution in [3.05, 3.63) is 48.0 Å². The molecular formula is C17H17F3N2O4S. The molecule has 0 bridgehead atoms. The van der Waals surface area contributed by atoms with Gasteiger partial charge < -0.3 is 10.1 Å². The molecule has 0 heterocycles. The minimum Gasteiger partial charge on any atom is -0.492 e. The van der Waals surface area contributed by atoms with Crippen LogP contribution in [0.2, 0.25) is 0 Å². The topological polar surface area (TPSA) is 84.5 Å². The lowest BCUT2D eigenvalue weighted by Gasteiger charge is -2.14. The number of carbonyl (C=O) groups is 1. The number of hydrogen-bond acceptors (Lipinski definition) is 4. The van der Waals surface area contributed by atoms with Crippen LogP contribution < -0.4 is 14.8 Å². The highest BCUT2D eigenvalue weighted by molar-refractivity contribution is 7.92. The Bertz CT molecular complexity index is 926. The van der Waals surface area contributed by atoms with Crippen LogP contribution in [-0.2, 0) is 21.0 Å². The second kappa shape index (κ2) is 7.87. The predicted octanol–water partition coefficient (Wildman–Crippen LogP) is 3.86. The van der Waals surface area contributed by atoms with Crippen LogP contribution >= 0.6 is 0 Å². The summed E-state index contributed by atoms with van der Waals surface area (Å²) >= 11 is 0. The molecule has 2 aromatic rings. The lowest BCUT2D eigenvalue weighted by molar-refractivity contribution is -0.137. The highest BCUT2D eigenvalue weighted by atomic mass is 32.2. The second-order valence-electron chi connectivity index (χ2n) is 5.45. The number of carbonyl (C=O) groups excluding carboxylic acids is 1. The van der Waals surface area contributed by atoms with Crippen molar-refractivity contribution in [2.45, 2.75) is 24.9 Å². The van der Waals surface area contributed by atoms with Crippen molar-refractivity contribution >= 4 is 27.3 Å². The molecule has 0 radical (unpaired) electrons. The van der Waals surface area contributed by atoms with E-state index in [1.54, 1.807) is 6.92 Å². The van der Waals surface area contributed by atoms with Crippen LogP contribution in [-0.4, -0.2) is 20.9 Å². The van der Waals surface area contributed by atoms with E-state index in [0.29, 0.717) is 12.4 Å². The molecule has 0 unspecified atom stereocenters. The third kappa shape index (κ3) is 5.36. The number of nitrogens with one attached hydrogen (secondary N) is 2. The highest BCUT2D eigenvalue weighted by Crippen LogP contribution is 2.31. The average Bonchev–Trinajstić information content (AvgIpc) is 2.55. The molecule has 0 aliphatic carbocycles. The summed E-state index contributed by atoms with van der Waals surface area (Å²) in [5.74, 6) is -0.123. The largest absolute Gasteiger partial charge is 0.492 e. The fourth-order valence-corrected chi connectivity index (χ4v) is 3.27. The minimum absolute atomic E-state index is 0.0297. The van der Waals surface area contributed by atoms with Gasteiger partial charge in [-0.2, -0.15) is 13.2 Å². The Morgan fingerprint density at radius 1 is 1.11 bits per heavy atom. The van der Waals surface area contributed by atoms with E-state index in [0.717, 1.165) is 24.3 Å². The molecular weight excluding hydrogens is 385 g/mol. The molecule has 2 N–H and O–H groups in total. The first-order valence-electron chi connectivity index (χ1n) is 7.77. The van der Waals surface area contributed by atoms with E-state index in [2.05, 4.69) is 10.0 Å².